The lowest BCUT2D eigenvalue weighted by Gasteiger charge is -2.13. The molecule has 5 heteroatoms. The Kier molecular flexibility index (Phi) is 3.93. The van der Waals surface area contributed by atoms with Crippen LogP contribution in [0.15, 0.2) is 42.2 Å². The van der Waals surface area contributed by atoms with Crippen LogP contribution >= 0.6 is 0 Å². The van der Waals surface area contributed by atoms with E-state index in [0.717, 1.165) is 5.56 Å². The summed E-state index contributed by atoms with van der Waals surface area (Å²) < 4.78 is 21.5. The zero-order valence-corrected chi connectivity index (χ0v) is 13.1. The molecule has 0 fully saturated rings. The first-order chi connectivity index (χ1) is 11.2. The van der Waals surface area contributed by atoms with Gasteiger partial charge < -0.3 is 18.9 Å². The highest BCUT2D eigenvalue weighted by Gasteiger charge is 2.26. The van der Waals surface area contributed by atoms with E-state index in [4.69, 9.17) is 18.9 Å². The molecule has 1 aliphatic rings. The molecule has 3 rings (SSSR count). The first-order valence-electron chi connectivity index (χ1n) is 7.01. The summed E-state index contributed by atoms with van der Waals surface area (Å²) in [6.07, 6.45) is 1.66. The van der Waals surface area contributed by atoms with Gasteiger partial charge in [-0.2, -0.15) is 0 Å². The SMILES string of the molecule is COc1cc(/C=C2\Oc3ccccc3C2=O)cc(OC)c1OC. The second-order valence-electron chi connectivity index (χ2n) is 4.89. The number of fused-ring (bicyclic) bond motifs is 1. The summed E-state index contributed by atoms with van der Waals surface area (Å²) in [6.45, 7) is 0. The smallest absolute Gasteiger partial charge is 0.231 e. The second kappa shape index (κ2) is 6.04. The summed E-state index contributed by atoms with van der Waals surface area (Å²) in [5, 5.41) is 0. The van der Waals surface area contributed by atoms with Crippen LogP contribution in [0.5, 0.6) is 23.0 Å². The number of rotatable bonds is 4. The highest BCUT2D eigenvalue weighted by atomic mass is 16.5. The van der Waals surface area contributed by atoms with Gasteiger partial charge in [-0.25, -0.2) is 0 Å². The Hall–Kier alpha value is -2.95. The Morgan fingerprint density at radius 2 is 1.61 bits per heavy atom. The van der Waals surface area contributed by atoms with Crippen LogP contribution in [0.2, 0.25) is 0 Å². The summed E-state index contributed by atoms with van der Waals surface area (Å²) in [5.41, 5.74) is 1.28. The average molecular weight is 312 g/mol. The fourth-order valence-electron chi connectivity index (χ4n) is 2.47. The molecule has 0 amide bonds. The van der Waals surface area contributed by atoms with E-state index in [0.29, 0.717) is 28.6 Å². The van der Waals surface area contributed by atoms with Crippen molar-refractivity contribution in [3.63, 3.8) is 0 Å². The molecule has 0 bridgehead atoms. The maximum atomic E-state index is 12.4. The van der Waals surface area contributed by atoms with Gasteiger partial charge in [-0.15, -0.1) is 0 Å². The van der Waals surface area contributed by atoms with Gasteiger partial charge in [0.15, 0.2) is 17.3 Å². The molecule has 0 saturated carbocycles. The number of methoxy groups -OCH3 is 3. The number of allylic oxidation sites excluding steroid dienone is 1. The minimum Gasteiger partial charge on any atom is -0.493 e. The van der Waals surface area contributed by atoms with Crippen molar-refractivity contribution < 1.29 is 23.7 Å². The number of ketones is 1. The lowest BCUT2D eigenvalue weighted by Crippen LogP contribution is -1.99. The highest BCUT2D eigenvalue weighted by Crippen LogP contribution is 2.39. The largest absolute Gasteiger partial charge is 0.493 e. The normalized spacial score (nSPS) is 14.4. The van der Waals surface area contributed by atoms with E-state index in [1.807, 2.05) is 12.1 Å². The molecule has 0 spiro atoms. The lowest BCUT2D eigenvalue weighted by molar-refractivity contribution is 0.101. The Morgan fingerprint density at radius 3 is 2.17 bits per heavy atom. The van der Waals surface area contributed by atoms with E-state index in [-0.39, 0.29) is 11.5 Å². The van der Waals surface area contributed by atoms with Gasteiger partial charge >= 0.3 is 0 Å². The molecule has 118 valence electrons. The number of Topliss-reactive ketones (excluding diaryl/α,β-unsaturated/α-hetero) is 1. The molecule has 5 nitrogen and oxygen atoms in total. The molecule has 0 atom stereocenters. The van der Waals surface area contributed by atoms with E-state index < -0.39 is 0 Å². The van der Waals surface area contributed by atoms with Crippen molar-refractivity contribution in [2.75, 3.05) is 21.3 Å². The Labute approximate surface area is 134 Å². The van der Waals surface area contributed by atoms with Crippen molar-refractivity contribution in [3.05, 3.63) is 53.3 Å². The van der Waals surface area contributed by atoms with E-state index in [2.05, 4.69) is 0 Å². The van der Waals surface area contributed by atoms with Crippen LogP contribution in [0.1, 0.15) is 15.9 Å². The predicted molar refractivity (Wildman–Crippen MR) is 85.5 cm³/mol. The molecule has 0 unspecified atom stereocenters. The van der Waals surface area contributed by atoms with Crippen molar-refractivity contribution >= 4 is 11.9 Å². The van der Waals surface area contributed by atoms with Gasteiger partial charge in [-0.1, -0.05) is 12.1 Å². The number of benzene rings is 2. The molecular weight excluding hydrogens is 296 g/mol. The first-order valence-corrected chi connectivity index (χ1v) is 7.01. The van der Waals surface area contributed by atoms with Crippen LogP contribution in [-0.2, 0) is 0 Å². The molecule has 0 saturated heterocycles. The van der Waals surface area contributed by atoms with Gasteiger partial charge in [-0.3, -0.25) is 4.79 Å². The topological polar surface area (TPSA) is 54.0 Å². The monoisotopic (exact) mass is 312 g/mol. The molecule has 0 radical (unpaired) electrons. The van der Waals surface area contributed by atoms with Crippen molar-refractivity contribution in [2.24, 2.45) is 0 Å². The maximum Gasteiger partial charge on any atom is 0.231 e. The van der Waals surface area contributed by atoms with Crippen molar-refractivity contribution in [1.82, 2.24) is 0 Å². The van der Waals surface area contributed by atoms with Gasteiger partial charge in [0.1, 0.15) is 5.75 Å². The quantitative estimate of drug-likeness (QED) is 0.811. The predicted octanol–water partition coefficient (Wildman–Crippen LogP) is 3.33. The molecular formula is C18H16O5. The van der Waals surface area contributed by atoms with E-state index in [1.54, 1.807) is 51.7 Å². The molecule has 0 aliphatic carbocycles. The summed E-state index contributed by atoms with van der Waals surface area (Å²) in [7, 11) is 4.63. The summed E-state index contributed by atoms with van der Waals surface area (Å²) in [6, 6.07) is 10.7. The molecule has 1 aliphatic heterocycles. The first kappa shape index (κ1) is 15.0. The fraction of sp³-hybridized carbons (Fsp3) is 0.167. The molecule has 23 heavy (non-hydrogen) atoms. The van der Waals surface area contributed by atoms with Crippen molar-refractivity contribution in [1.29, 1.82) is 0 Å². The minimum absolute atomic E-state index is 0.144. The number of hydrogen-bond donors (Lipinski definition) is 0. The average Bonchev–Trinajstić information content (AvgIpc) is 2.90. The minimum atomic E-state index is -0.144. The molecule has 2 aromatic carbocycles. The third-order valence-electron chi connectivity index (χ3n) is 3.56. The van der Waals surface area contributed by atoms with Gasteiger partial charge in [-0.05, 0) is 35.9 Å². The molecule has 1 heterocycles. The summed E-state index contributed by atoms with van der Waals surface area (Å²) in [4.78, 5) is 12.4. The number of hydrogen-bond acceptors (Lipinski definition) is 5. The zero-order chi connectivity index (χ0) is 16.4. The maximum absolute atomic E-state index is 12.4. The lowest BCUT2D eigenvalue weighted by atomic mass is 10.1. The van der Waals surface area contributed by atoms with Gasteiger partial charge in [0.05, 0.1) is 26.9 Å². The third kappa shape index (κ3) is 2.61. The third-order valence-corrected chi connectivity index (χ3v) is 3.56. The van der Waals surface area contributed by atoms with Crippen LogP contribution in [0.3, 0.4) is 0 Å². The Bertz CT molecular complexity index is 767. The van der Waals surface area contributed by atoms with E-state index in [9.17, 15) is 4.79 Å². The Balaban J connectivity index is 2.02. The number of carbonyl (C=O) groups excluding carboxylic acids is 1. The zero-order valence-electron chi connectivity index (χ0n) is 13.1. The second-order valence-corrected chi connectivity index (χ2v) is 4.89. The number of carbonyl (C=O) groups is 1. The Morgan fingerprint density at radius 1 is 0.957 bits per heavy atom. The van der Waals surface area contributed by atoms with E-state index in [1.165, 1.54) is 0 Å². The van der Waals surface area contributed by atoms with Crippen LogP contribution in [0.25, 0.3) is 6.08 Å². The van der Waals surface area contributed by atoms with Crippen LogP contribution in [-0.4, -0.2) is 27.1 Å². The number of para-hydroxylation sites is 1. The fourth-order valence-corrected chi connectivity index (χ4v) is 2.47. The number of ether oxygens (including phenoxy) is 4. The van der Waals surface area contributed by atoms with Crippen LogP contribution in [0.4, 0.5) is 0 Å². The molecule has 0 aromatic heterocycles. The standard InChI is InChI=1S/C18H16O5/c1-20-15-9-11(10-16(21-2)18(15)22-3)8-14-17(19)12-6-4-5-7-13(12)23-14/h4-10H,1-3H3/b14-8-. The molecule has 0 N–H and O–H groups in total. The van der Waals surface area contributed by atoms with Crippen LogP contribution in [0, 0.1) is 0 Å². The van der Waals surface area contributed by atoms with Crippen molar-refractivity contribution in [2.45, 2.75) is 0 Å². The van der Waals surface area contributed by atoms with Gasteiger partial charge in [0, 0.05) is 0 Å². The summed E-state index contributed by atoms with van der Waals surface area (Å²) >= 11 is 0. The van der Waals surface area contributed by atoms with E-state index >= 15 is 0 Å². The summed E-state index contributed by atoms with van der Waals surface area (Å²) in [5.74, 6) is 2.22. The van der Waals surface area contributed by atoms with Crippen LogP contribution < -0.4 is 18.9 Å². The highest BCUT2D eigenvalue weighted by molar-refractivity contribution is 6.14. The van der Waals surface area contributed by atoms with Crippen molar-refractivity contribution in [3.8, 4) is 23.0 Å². The molecule has 2 aromatic rings. The van der Waals surface area contributed by atoms with Gasteiger partial charge in [0.25, 0.3) is 0 Å². The van der Waals surface area contributed by atoms with Gasteiger partial charge in [0.2, 0.25) is 11.5 Å².